The lowest BCUT2D eigenvalue weighted by molar-refractivity contribution is -0.203. The van der Waals surface area contributed by atoms with E-state index in [-0.39, 0.29) is 23.8 Å². The van der Waals surface area contributed by atoms with Crippen LogP contribution in [-0.2, 0) is 28.5 Å². The van der Waals surface area contributed by atoms with Crippen molar-refractivity contribution in [3.8, 4) is 0 Å². The van der Waals surface area contributed by atoms with Crippen molar-refractivity contribution >= 4 is 11.9 Å². The topological polar surface area (TPSA) is 71.1 Å². The van der Waals surface area contributed by atoms with Crippen LogP contribution >= 0.6 is 0 Å². The van der Waals surface area contributed by atoms with Crippen LogP contribution in [-0.4, -0.2) is 37.7 Å². The molecule has 6 atom stereocenters. The highest BCUT2D eigenvalue weighted by Gasteiger charge is 2.53. The van der Waals surface area contributed by atoms with Gasteiger partial charge >= 0.3 is 11.9 Å². The van der Waals surface area contributed by atoms with Crippen molar-refractivity contribution in [1.82, 2.24) is 0 Å². The molecule has 2 aliphatic carbocycles. The largest absolute Gasteiger partial charge is 0.436 e. The van der Waals surface area contributed by atoms with Crippen molar-refractivity contribution in [3.63, 3.8) is 0 Å². The van der Waals surface area contributed by atoms with E-state index < -0.39 is 24.4 Å². The molecule has 0 aromatic rings. The van der Waals surface area contributed by atoms with Crippen LogP contribution in [0.4, 0.5) is 0 Å². The molecule has 25 heavy (non-hydrogen) atoms. The molecule has 0 spiro atoms. The third kappa shape index (κ3) is 3.60. The first-order chi connectivity index (χ1) is 12.2. The smallest absolute Gasteiger partial charge is 0.312 e. The standard InChI is InChI=1S/C19H26O6/c20-18(24-14-5-1-3-9-22-14)16-12-7-8-13(11-12)17(16)19(21)25-15-6-2-4-10-23-15/h7-8,12-17H,1-6,9-11H2/t12-,13+,14?,15?,16?,17?. The number of rotatable bonds is 4. The molecule has 2 saturated heterocycles. The summed E-state index contributed by atoms with van der Waals surface area (Å²) in [4.78, 5) is 25.5. The molecule has 4 rings (SSSR count). The Morgan fingerprint density at radius 3 is 1.64 bits per heavy atom. The zero-order valence-electron chi connectivity index (χ0n) is 14.4. The van der Waals surface area contributed by atoms with E-state index in [1.165, 1.54) is 0 Å². The molecule has 0 radical (unpaired) electrons. The third-order valence-corrected chi connectivity index (χ3v) is 5.77. The van der Waals surface area contributed by atoms with E-state index in [4.69, 9.17) is 18.9 Å². The minimum absolute atomic E-state index is 0.0610. The molecule has 0 amide bonds. The average Bonchev–Trinajstić information content (AvgIpc) is 3.24. The van der Waals surface area contributed by atoms with E-state index in [0.29, 0.717) is 13.2 Å². The molecule has 6 heteroatoms. The molecule has 2 aliphatic heterocycles. The van der Waals surface area contributed by atoms with Gasteiger partial charge in [-0.2, -0.15) is 0 Å². The van der Waals surface area contributed by atoms with E-state index in [0.717, 1.165) is 44.9 Å². The predicted octanol–water partition coefficient (Wildman–Crippen LogP) is 2.56. The van der Waals surface area contributed by atoms with Crippen molar-refractivity contribution in [1.29, 1.82) is 0 Å². The van der Waals surface area contributed by atoms with Gasteiger partial charge in [-0.1, -0.05) is 12.2 Å². The predicted molar refractivity (Wildman–Crippen MR) is 87.1 cm³/mol. The summed E-state index contributed by atoms with van der Waals surface area (Å²) in [5.74, 6) is -1.45. The van der Waals surface area contributed by atoms with Crippen LogP contribution in [0.2, 0.25) is 0 Å². The Kier molecular flexibility index (Phi) is 5.08. The summed E-state index contributed by atoms with van der Waals surface area (Å²) in [6.45, 7) is 1.25. The highest BCUT2D eigenvalue weighted by molar-refractivity contribution is 5.84. The highest BCUT2D eigenvalue weighted by atomic mass is 16.7. The lowest BCUT2D eigenvalue weighted by Gasteiger charge is -2.30. The number of hydrogen-bond donors (Lipinski definition) is 0. The molecular weight excluding hydrogens is 324 g/mol. The van der Waals surface area contributed by atoms with Gasteiger partial charge in [-0.15, -0.1) is 0 Å². The molecule has 2 bridgehead atoms. The summed E-state index contributed by atoms with van der Waals surface area (Å²) in [7, 11) is 0. The minimum atomic E-state index is -0.470. The lowest BCUT2D eigenvalue weighted by atomic mass is 9.83. The van der Waals surface area contributed by atoms with Gasteiger partial charge < -0.3 is 18.9 Å². The zero-order chi connectivity index (χ0) is 17.2. The first-order valence-corrected chi connectivity index (χ1v) is 9.55. The van der Waals surface area contributed by atoms with Crippen molar-refractivity contribution in [2.75, 3.05) is 13.2 Å². The van der Waals surface area contributed by atoms with E-state index in [9.17, 15) is 9.59 Å². The van der Waals surface area contributed by atoms with E-state index >= 15 is 0 Å². The molecule has 0 aromatic heterocycles. The van der Waals surface area contributed by atoms with Gasteiger partial charge in [0.15, 0.2) is 0 Å². The first-order valence-electron chi connectivity index (χ1n) is 9.55. The van der Waals surface area contributed by atoms with Gasteiger partial charge in [-0.05, 0) is 43.9 Å². The summed E-state index contributed by atoms with van der Waals surface area (Å²) in [6, 6.07) is 0. The Labute approximate surface area is 147 Å². The second-order valence-electron chi connectivity index (χ2n) is 7.47. The van der Waals surface area contributed by atoms with Crippen LogP contribution in [0.1, 0.15) is 44.9 Å². The monoisotopic (exact) mass is 350 g/mol. The minimum Gasteiger partial charge on any atom is -0.436 e. The van der Waals surface area contributed by atoms with Crippen LogP contribution in [0.15, 0.2) is 12.2 Å². The number of carbonyl (C=O) groups is 2. The molecule has 2 heterocycles. The number of allylic oxidation sites excluding steroid dienone is 2. The fourth-order valence-electron chi connectivity index (χ4n) is 4.49. The molecule has 0 N–H and O–H groups in total. The van der Waals surface area contributed by atoms with Crippen molar-refractivity contribution in [2.24, 2.45) is 23.7 Å². The van der Waals surface area contributed by atoms with Crippen LogP contribution in [0, 0.1) is 23.7 Å². The van der Waals surface area contributed by atoms with Gasteiger partial charge in [0.25, 0.3) is 0 Å². The van der Waals surface area contributed by atoms with Crippen molar-refractivity contribution in [3.05, 3.63) is 12.2 Å². The van der Waals surface area contributed by atoms with Crippen LogP contribution in [0.5, 0.6) is 0 Å². The highest BCUT2D eigenvalue weighted by Crippen LogP contribution is 2.49. The normalized spacial score (nSPS) is 40.0. The third-order valence-electron chi connectivity index (χ3n) is 5.77. The molecule has 138 valence electrons. The fourth-order valence-corrected chi connectivity index (χ4v) is 4.49. The second-order valence-corrected chi connectivity index (χ2v) is 7.47. The van der Waals surface area contributed by atoms with Gasteiger partial charge in [0.2, 0.25) is 12.6 Å². The molecule has 4 unspecified atom stereocenters. The Hall–Kier alpha value is -1.40. The van der Waals surface area contributed by atoms with Gasteiger partial charge in [0, 0.05) is 12.8 Å². The van der Waals surface area contributed by atoms with Crippen molar-refractivity contribution in [2.45, 2.75) is 57.5 Å². The summed E-state index contributed by atoms with van der Waals surface area (Å²) >= 11 is 0. The quantitative estimate of drug-likeness (QED) is 0.573. The maximum Gasteiger partial charge on any atom is 0.312 e. The molecule has 4 aliphatic rings. The Morgan fingerprint density at radius 1 is 0.760 bits per heavy atom. The van der Waals surface area contributed by atoms with E-state index in [2.05, 4.69) is 0 Å². The number of ether oxygens (including phenoxy) is 4. The summed E-state index contributed by atoms with van der Waals surface area (Å²) < 4.78 is 22.1. The molecule has 0 aromatic carbocycles. The van der Waals surface area contributed by atoms with Crippen LogP contribution < -0.4 is 0 Å². The maximum absolute atomic E-state index is 12.7. The van der Waals surface area contributed by atoms with Gasteiger partial charge in [0.1, 0.15) is 0 Å². The van der Waals surface area contributed by atoms with E-state index in [1.807, 2.05) is 12.2 Å². The molecule has 1 saturated carbocycles. The van der Waals surface area contributed by atoms with E-state index in [1.54, 1.807) is 0 Å². The number of fused-ring (bicyclic) bond motifs is 2. The summed E-state index contributed by atoms with van der Waals surface area (Å²) in [5, 5.41) is 0. The summed E-state index contributed by atoms with van der Waals surface area (Å²) in [6.07, 6.45) is 9.42. The zero-order valence-corrected chi connectivity index (χ0v) is 14.4. The first kappa shape index (κ1) is 17.0. The number of esters is 2. The molecule has 3 fully saturated rings. The Balaban J connectivity index is 1.41. The summed E-state index contributed by atoms with van der Waals surface area (Å²) in [5.41, 5.74) is 0. The Bertz CT molecular complexity index is 486. The van der Waals surface area contributed by atoms with Crippen molar-refractivity contribution < 1.29 is 28.5 Å². The average molecular weight is 350 g/mol. The molecule has 6 nitrogen and oxygen atoms in total. The number of hydrogen-bond acceptors (Lipinski definition) is 6. The molecular formula is C19H26O6. The Morgan fingerprint density at radius 2 is 1.24 bits per heavy atom. The van der Waals surface area contributed by atoms with Crippen LogP contribution in [0.3, 0.4) is 0 Å². The second kappa shape index (κ2) is 7.46. The number of carbonyl (C=O) groups excluding carboxylic acids is 2. The SMILES string of the molecule is O=C(OC1CCCCO1)C1C(C(=O)OC2CCCCO2)[C@H]2C=C[C@@H]1C2. The van der Waals surface area contributed by atoms with Gasteiger partial charge in [0.05, 0.1) is 25.0 Å². The van der Waals surface area contributed by atoms with Crippen LogP contribution in [0.25, 0.3) is 0 Å². The fraction of sp³-hybridized carbons (Fsp3) is 0.789. The van der Waals surface area contributed by atoms with Gasteiger partial charge in [-0.3, -0.25) is 9.59 Å². The maximum atomic E-state index is 12.7. The lowest BCUT2D eigenvalue weighted by Crippen LogP contribution is -2.39. The van der Waals surface area contributed by atoms with Gasteiger partial charge in [-0.25, -0.2) is 0 Å².